The Morgan fingerprint density at radius 2 is 1.84 bits per heavy atom. The lowest BCUT2D eigenvalue weighted by Gasteiger charge is -1.98. The van der Waals surface area contributed by atoms with Crippen molar-refractivity contribution in [3.63, 3.8) is 0 Å². The summed E-state index contributed by atoms with van der Waals surface area (Å²) in [6, 6.07) is 6.31. The predicted octanol–water partition coefficient (Wildman–Crippen LogP) is 2.34. The van der Waals surface area contributed by atoms with E-state index in [-0.39, 0.29) is 5.82 Å². The summed E-state index contributed by atoms with van der Waals surface area (Å²) in [4.78, 5) is 0. The molecule has 0 fully saturated rings. The smallest absolute Gasteiger partial charge is 0.220 e. The van der Waals surface area contributed by atoms with Crippen LogP contribution in [0.4, 0.5) is 4.39 Å². The summed E-state index contributed by atoms with van der Waals surface area (Å²) in [6.45, 7) is 3.96. The second kappa shape index (κ2) is 6.99. The molecule has 0 aliphatic carbocycles. The van der Waals surface area contributed by atoms with Crippen LogP contribution in [0, 0.1) is 5.82 Å². The molecular formula is C14H18FN3O. The zero-order valence-corrected chi connectivity index (χ0v) is 11.0. The van der Waals surface area contributed by atoms with Crippen LogP contribution in [-0.2, 0) is 12.8 Å². The highest BCUT2D eigenvalue weighted by Gasteiger charge is 2.06. The molecule has 5 heteroatoms. The molecule has 102 valence electrons. The molecule has 1 aromatic carbocycles. The second-order valence-electron chi connectivity index (χ2n) is 4.39. The lowest BCUT2D eigenvalue weighted by atomic mass is 10.1. The van der Waals surface area contributed by atoms with Crippen molar-refractivity contribution in [1.29, 1.82) is 0 Å². The van der Waals surface area contributed by atoms with E-state index < -0.39 is 0 Å². The maximum absolute atomic E-state index is 12.8. The van der Waals surface area contributed by atoms with Crippen LogP contribution in [0.15, 0.2) is 28.7 Å². The maximum Gasteiger partial charge on any atom is 0.220 e. The summed E-state index contributed by atoms with van der Waals surface area (Å²) >= 11 is 0. The fourth-order valence-electron chi connectivity index (χ4n) is 1.73. The maximum atomic E-state index is 12.8. The third-order valence-corrected chi connectivity index (χ3v) is 2.72. The van der Waals surface area contributed by atoms with Crippen molar-refractivity contribution in [2.75, 3.05) is 13.1 Å². The lowest BCUT2D eigenvalue weighted by molar-refractivity contribution is 0.451. The van der Waals surface area contributed by atoms with Gasteiger partial charge in [0.25, 0.3) is 0 Å². The first-order valence-corrected chi connectivity index (χ1v) is 6.54. The van der Waals surface area contributed by atoms with Crippen molar-refractivity contribution in [3.05, 3.63) is 47.4 Å². The monoisotopic (exact) mass is 263 g/mol. The Balaban J connectivity index is 1.85. The average molecular weight is 263 g/mol. The van der Waals surface area contributed by atoms with Crippen LogP contribution in [-0.4, -0.2) is 23.3 Å². The van der Waals surface area contributed by atoms with Crippen LogP contribution in [0.2, 0.25) is 0 Å². The van der Waals surface area contributed by atoms with Crippen molar-refractivity contribution < 1.29 is 8.81 Å². The first-order valence-electron chi connectivity index (χ1n) is 6.54. The molecule has 1 aromatic heterocycles. The van der Waals surface area contributed by atoms with Gasteiger partial charge in [-0.05, 0) is 30.7 Å². The normalized spacial score (nSPS) is 10.8. The predicted molar refractivity (Wildman–Crippen MR) is 70.4 cm³/mol. The van der Waals surface area contributed by atoms with Crippen molar-refractivity contribution in [2.45, 2.75) is 26.2 Å². The fraction of sp³-hybridized carbons (Fsp3) is 0.429. The molecule has 0 saturated heterocycles. The molecule has 19 heavy (non-hydrogen) atoms. The number of hydrogen-bond donors (Lipinski definition) is 1. The largest absolute Gasteiger partial charge is 0.425 e. The highest BCUT2D eigenvalue weighted by Crippen LogP contribution is 2.09. The van der Waals surface area contributed by atoms with Crippen LogP contribution in [0.25, 0.3) is 0 Å². The van der Waals surface area contributed by atoms with E-state index in [4.69, 9.17) is 4.42 Å². The van der Waals surface area contributed by atoms with Gasteiger partial charge in [0.15, 0.2) is 0 Å². The zero-order chi connectivity index (χ0) is 13.5. The molecule has 0 atom stereocenters. The van der Waals surface area contributed by atoms with E-state index in [0.717, 1.165) is 31.5 Å². The number of benzene rings is 1. The first-order chi connectivity index (χ1) is 9.28. The minimum atomic E-state index is -0.239. The molecule has 1 N–H and O–H groups in total. The third-order valence-electron chi connectivity index (χ3n) is 2.72. The Morgan fingerprint density at radius 3 is 2.58 bits per heavy atom. The van der Waals surface area contributed by atoms with Crippen LogP contribution in [0.1, 0.15) is 30.7 Å². The van der Waals surface area contributed by atoms with Gasteiger partial charge < -0.3 is 9.73 Å². The zero-order valence-electron chi connectivity index (χ0n) is 11.0. The number of aromatic nitrogens is 2. The summed E-state index contributed by atoms with van der Waals surface area (Å²) in [5.74, 6) is 0.967. The Morgan fingerprint density at radius 1 is 1.11 bits per heavy atom. The highest BCUT2D eigenvalue weighted by atomic mass is 19.1. The molecule has 4 nitrogen and oxygen atoms in total. The SMILES string of the molecule is CCCNCCc1nnc(Cc2ccc(F)cc2)o1. The van der Waals surface area contributed by atoms with Gasteiger partial charge >= 0.3 is 0 Å². The molecule has 1 heterocycles. The Bertz CT molecular complexity index is 496. The highest BCUT2D eigenvalue weighted by molar-refractivity contribution is 5.18. The summed E-state index contributed by atoms with van der Waals surface area (Å²) in [6.07, 6.45) is 2.38. The summed E-state index contributed by atoms with van der Waals surface area (Å²) in [5.41, 5.74) is 0.959. The second-order valence-corrected chi connectivity index (χ2v) is 4.39. The van der Waals surface area contributed by atoms with E-state index in [1.165, 1.54) is 12.1 Å². The van der Waals surface area contributed by atoms with Gasteiger partial charge in [-0.15, -0.1) is 10.2 Å². The van der Waals surface area contributed by atoms with Gasteiger partial charge in [-0.1, -0.05) is 19.1 Å². The van der Waals surface area contributed by atoms with Crippen molar-refractivity contribution >= 4 is 0 Å². The summed E-state index contributed by atoms with van der Waals surface area (Å²) in [7, 11) is 0. The molecule has 0 aliphatic heterocycles. The molecule has 0 saturated carbocycles. The standard InChI is InChI=1S/C14H18FN3O/c1-2-8-16-9-7-13-17-18-14(19-13)10-11-3-5-12(15)6-4-11/h3-6,16H,2,7-10H2,1H3. The van der Waals surface area contributed by atoms with E-state index in [2.05, 4.69) is 22.4 Å². The molecule has 2 aromatic rings. The van der Waals surface area contributed by atoms with Gasteiger partial charge in [-0.3, -0.25) is 0 Å². The number of halogens is 1. The van der Waals surface area contributed by atoms with Gasteiger partial charge in [0.1, 0.15) is 5.82 Å². The van der Waals surface area contributed by atoms with Crippen LogP contribution in [0.5, 0.6) is 0 Å². The van der Waals surface area contributed by atoms with Gasteiger partial charge in [-0.2, -0.15) is 0 Å². The summed E-state index contributed by atoms with van der Waals surface area (Å²) in [5, 5.41) is 11.3. The third kappa shape index (κ3) is 4.44. The molecule has 0 spiro atoms. The van der Waals surface area contributed by atoms with Gasteiger partial charge in [0.2, 0.25) is 11.8 Å². The van der Waals surface area contributed by atoms with Crippen molar-refractivity contribution in [1.82, 2.24) is 15.5 Å². The Kier molecular flexibility index (Phi) is 5.03. The molecule has 2 rings (SSSR count). The van der Waals surface area contributed by atoms with Gasteiger partial charge in [0, 0.05) is 13.0 Å². The van der Waals surface area contributed by atoms with Gasteiger partial charge in [0.05, 0.1) is 6.42 Å². The molecular weight excluding hydrogens is 245 g/mol. The molecule has 0 aliphatic rings. The number of nitrogens with zero attached hydrogens (tertiary/aromatic N) is 2. The average Bonchev–Trinajstić information content (AvgIpc) is 2.85. The lowest BCUT2D eigenvalue weighted by Crippen LogP contribution is -2.17. The number of rotatable bonds is 7. The minimum absolute atomic E-state index is 0.239. The van der Waals surface area contributed by atoms with E-state index in [0.29, 0.717) is 18.2 Å². The quantitative estimate of drug-likeness (QED) is 0.779. The van der Waals surface area contributed by atoms with Crippen molar-refractivity contribution in [2.24, 2.45) is 0 Å². The molecule has 0 amide bonds. The van der Waals surface area contributed by atoms with Crippen LogP contribution in [0.3, 0.4) is 0 Å². The number of nitrogens with one attached hydrogen (secondary N) is 1. The molecule has 0 bridgehead atoms. The van der Waals surface area contributed by atoms with E-state index >= 15 is 0 Å². The Hall–Kier alpha value is -1.75. The molecule has 0 radical (unpaired) electrons. The first kappa shape index (κ1) is 13.7. The topological polar surface area (TPSA) is 51.0 Å². The molecule has 0 unspecified atom stereocenters. The Labute approximate surface area is 112 Å². The summed E-state index contributed by atoms with van der Waals surface area (Å²) < 4.78 is 18.3. The number of hydrogen-bond acceptors (Lipinski definition) is 4. The fourth-order valence-corrected chi connectivity index (χ4v) is 1.73. The van der Waals surface area contributed by atoms with Crippen LogP contribution >= 0.6 is 0 Å². The minimum Gasteiger partial charge on any atom is -0.425 e. The van der Waals surface area contributed by atoms with Crippen molar-refractivity contribution in [3.8, 4) is 0 Å². The van der Waals surface area contributed by atoms with Gasteiger partial charge in [-0.25, -0.2) is 4.39 Å². The van der Waals surface area contributed by atoms with E-state index in [9.17, 15) is 4.39 Å². The van der Waals surface area contributed by atoms with E-state index in [1.807, 2.05) is 0 Å². The van der Waals surface area contributed by atoms with E-state index in [1.54, 1.807) is 12.1 Å². The van der Waals surface area contributed by atoms with Crippen LogP contribution < -0.4 is 5.32 Å².